The molecule has 1 saturated heterocycles. The van der Waals surface area contributed by atoms with E-state index in [1.807, 2.05) is 11.0 Å². The summed E-state index contributed by atoms with van der Waals surface area (Å²) in [5.41, 5.74) is 1.16. The number of nitrogens with zero attached hydrogens (tertiary/aromatic N) is 6. The Bertz CT molecular complexity index is 1070. The summed E-state index contributed by atoms with van der Waals surface area (Å²) in [7, 11) is 0. The van der Waals surface area contributed by atoms with E-state index in [0.29, 0.717) is 30.2 Å². The summed E-state index contributed by atoms with van der Waals surface area (Å²) < 4.78 is 14.8. The third-order valence-electron chi connectivity index (χ3n) is 4.24. The molecule has 0 saturated carbocycles. The smallest absolute Gasteiger partial charge is 0.267 e. The van der Waals surface area contributed by atoms with Gasteiger partial charge in [-0.1, -0.05) is 12.1 Å². The highest BCUT2D eigenvalue weighted by Gasteiger charge is 2.32. The lowest BCUT2D eigenvalue weighted by molar-refractivity contribution is 0.352. The Hall–Kier alpha value is -3.60. The van der Waals surface area contributed by atoms with E-state index in [2.05, 4.69) is 15.1 Å². The summed E-state index contributed by atoms with van der Waals surface area (Å²) in [6.45, 7) is 0.986. The molecule has 0 amide bonds. The number of halogens is 1. The first-order valence-electron chi connectivity index (χ1n) is 7.97. The lowest BCUT2D eigenvalue weighted by Gasteiger charge is -2.40. The first-order valence-corrected chi connectivity index (χ1v) is 7.97. The van der Waals surface area contributed by atoms with Crippen LogP contribution in [0.2, 0.25) is 0 Å². The van der Waals surface area contributed by atoms with Crippen molar-refractivity contribution in [2.45, 2.75) is 6.04 Å². The molecule has 4 rings (SSSR count). The van der Waals surface area contributed by atoms with Gasteiger partial charge in [0.2, 0.25) is 0 Å². The van der Waals surface area contributed by atoms with Crippen LogP contribution >= 0.6 is 0 Å². The minimum atomic E-state index is -0.358. The van der Waals surface area contributed by atoms with Crippen LogP contribution in [0.25, 0.3) is 11.3 Å². The molecule has 7 nitrogen and oxygen atoms in total. The average Bonchev–Trinajstić information content (AvgIpc) is 2.62. The SMILES string of the molecule is N#Cc1nccnc1N1CC(n2nc(-c3cccc(F)c3)ccc2=O)C1. The molecule has 0 radical (unpaired) electrons. The van der Waals surface area contributed by atoms with Crippen LogP contribution in [0.4, 0.5) is 10.2 Å². The van der Waals surface area contributed by atoms with E-state index in [1.165, 1.54) is 35.3 Å². The molecule has 2 aromatic heterocycles. The van der Waals surface area contributed by atoms with Crippen molar-refractivity contribution >= 4 is 5.82 Å². The second kappa shape index (κ2) is 6.37. The van der Waals surface area contributed by atoms with Crippen molar-refractivity contribution in [2.75, 3.05) is 18.0 Å². The summed E-state index contributed by atoms with van der Waals surface area (Å²) >= 11 is 0. The van der Waals surface area contributed by atoms with Gasteiger partial charge in [0.25, 0.3) is 5.56 Å². The van der Waals surface area contributed by atoms with Gasteiger partial charge < -0.3 is 4.90 Å². The first kappa shape index (κ1) is 15.9. The fraction of sp³-hybridized carbons (Fsp3) is 0.167. The number of nitriles is 1. The van der Waals surface area contributed by atoms with E-state index in [9.17, 15) is 9.18 Å². The maximum absolute atomic E-state index is 13.4. The molecule has 3 heterocycles. The lowest BCUT2D eigenvalue weighted by Crippen LogP contribution is -2.51. The van der Waals surface area contributed by atoms with E-state index < -0.39 is 0 Å². The molecule has 8 heteroatoms. The molecular weight excluding hydrogens is 335 g/mol. The minimum absolute atomic E-state index is 0.149. The highest BCUT2D eigenvalue weighted by molar-refractivity contribution is 5.58. The topological polar surface area (TPSA) is 87.7 Å². The van der Waals surface area contributed by atoms with E-state index in [1.54, 1.807) is 18.2 Å². The molecule has 1 aromatic carbocycles. The molecule has 3 aromatic rings. The van der Waals surface area contributed by atoms with Gasteiger partial charge in [-0.25, -0.2) is 19.0 Å². The summed E-state index contributed by atoms with van der Waals surface area (Å²) in [6.07, 6.45) is 2.99. The predicted molar refractivity (Wildman–Crippen MR) is 91.9 cm³/mol. The Balaban J connectivity index is 1.59. The van der Waals surface area contributed by atoms with Gasteiger partial charge in [0, 0.05) is 37.1 Å². The number of aromatic nitrogens is 4. The van der Waals surface area contributed by atoms with Crippen LogP contribution in [0.15, 0.2) is 53.6 Å². The fourth-order valence-electron chi connectivity index (χ4n) is 2.91. The lowest BCUT2D eigenvalue weighted by atomic mass is 10.1. The van der Waals surface area contributed by atoms with Crippen molar-refractivity contribution in [1.29, 1.82) is 5.26 Å². The molecule has 1 aliphatic heterocycles. The Morgan fingerprint density at radius 3 is 2.73 bits per heavy atom. The first-order chi connectivity index (χ1) is 12.7. The van der Waals surface area contributed by atoms with Crippen LogP contribution in [0.1, 0.15) is 11.7 Å². The largest absolute Gasteiger partial charge is 0.350 e. The third-order valence-corrected chi connectivity index (χ3v) is 4.24. The van der Waals surface area contributed by atoms with E-state index in [4.69, 9.17) is 5.26 Å². The zero-order chi connectivity index (χ0) is 18.1. The van der Waals surface area contributed by atoms with Gasteiger partial charge in [-0.3, -0.25) is 4.79 Å². The highest BCUT2D eigenvalue weighted by Crippen LogP contribution is 2.27. The molecular formula is C18H13FN6O. The van der Waals surface area contributed by atoms with Gasteiger partial charge >= 0.3 is 0 Å². The third kappa shape index (κ3) is 2.80. The Kier molecular flexibility index (Phi) is 3.89. The number of benzene rings is 1. The van der Waals surface area contributed by atoms with E-state index in [-0.39, 0.29) is 23.1 Å². The monoisotopic (exact) mass is 348 g/mol. The Labute approximate surface area is 148 Å². The molecule has 0 spiro atoms. The Morgan fingerprint density at radius 1 is 1.15 bits per heavy atom. The van der Waals surface area contributed by atoms with Crippen LogP contribution in [0, 0.1) is 17.1 Å². The normalized spacial score (nSPS) is 13.9. The standard InChI is InChI=1S/C18H13FN6O/c19-13-3-1-2-12(8-13)15-4-5-17(26)25(23-15)14-10-24(11-14)18-16(9-20)21-6-7-22-18/h1-8,14H,10-11H2. The number of hydrogen-bond donors (Lipinski definition) is 0. The second-order valence-corrected chi connectivity index (χ2v) is 5.91. The molecule has 0 atom stereocenters. The summed E-state index contributed by atoms with van der Waals surface area (Å²) in [5, 5.41) is 13.5. The van der Waals surface area contributed by atoms with Crippen LogP contribution in [0.5, 0.6) is 0 Å². The molecule has 1 fully saturated rings. The maximum atomic E-state index is 13.4. The summed E-state index contributed by atoms with van der Waals surface area (Å²) in [4.78, 5) is 22.3. The fourth-order valence-corrected chi connectivity index (χ4v) is 2.91. The molecule has 128 valence electrons. The molecule has 0 unspecified atom stereocenters. The number of hydrogen-bond acceptors (Lipinski definition) is 6. The second-order valence-electron chi connectivity index (χ2n) is 5.91. The predicted octanol–water partition coefficient (Wildman–Crippen LogP) is 1.77. The van der Waals surface area contributed by atoms with Gasteiger partial charge in [-0.15, -0.1) is 0 Å². The molecule has 1 aliphatic rings. The van der Waals surface area contributed by atoms with Crippen LogP contribution in [-0.2, 0) is 0 Å². The average molecular weight is 348 g/mol. The zero-order valence-electron chi connectivity index (χ0n) is 13.6. The van der Waals surface area contributed by atoms with E-state index >= 15 is 0 Å². The van der Waals surface area contributed by atoms with Gasteiger partial charge in [0.05, 0.1) is 11.7 Å². The van der Waals surface area contributed by atoms with Crippen LogP contribution in [-0.4, -0.2) is 32.8 Å². The van der Waals surface area contributed by atoms with Crippen LogP contribution < -0.4 is 10.5 Å². The highest BCUT2D eigenvalue weighted by atomic mass is 19.1. The number of rotatable bonds is 3. The van der Waals surface area contributed by atoms with Gasteiger partial charge in [-0.2, -0.15) is 10.4 Å². The molecule has 0 N–H and O–H groups in total. The summed E-state index contributed by atoms with van der Waals surface area (Å²) in [6, 6.07) is 11.0. The van der Waals surface area contributed by atoms with Crippen molar-refractivity contribution in [3.63, 3.8) is 0 Å². The van der Waals surface area contributed by atoms with Crippen molar-refractivity contribution < 1.29 is 4.39 Å². The Morgan fingerprint density at radius 2 is 1.96 bits per heavy atom. The van der Waals surface area contributed by atoms with Crippen molar-refractivity contribution in [2.24, 2.45) is 0 Å². The summed E-state index contributed by atoms with van der Waals surface area (Å²) in [5.74, 6) is 0.143. The zero-order valence-corrected chi connectivity index (χ0v) is 13.6. The molecule has 0 bridgehead atoms. The minimum Gasteiger partial charge on any atom is -0.350 e. The van der Waals surface area contributed by atoms with Crippen LogP contribution in [0.3, 0.4) is 0 Å². The van der Waals surface area contributed by atoms with Gasteiger partial charge in [0.15, 0.2) is 11.5 Å². The van der Waals surface area contributed by atoms with E-state index in [0.717, 1.165) is 0 Å². The van der Waals surface area contributed by atoms with Crippen molar-refractivity contribution in [3.8, 4) is 17.3 Å². The van der Waals surface area contributed by atoms with Crippen molar-refractivity contribution in [3.05, 3.63) is 70.7 Å². The maximum Gasteiger partial charge on any atom is 0.267 e. The van der Waals surface area contributed by atoms with Gasteiger partial charge in [0.1, 0.15) is 11.9 Å². The molecule has 26 heavy (non-hydrogen) atoms. The van der Waals surface area contributed by atoms with Gasteiger partial charge in [-0.05, 0) is 18.2 Å². The van der Waals surface area contributed by atoms with Crippen molar-refractivity contribution in [1.82, 2.24) is 19.7 Å². The number of anilines is 1. The molecule has 0 aliphatic carbocycles. The quantitative estimate of drug-likeness (QED) is 0.717.